The van der Waals surface area contributed by atoms with Crippen LogP contribution in [-0.2, 0) is 23.8 Å². The van der Waals surface area contributed by atoms with Gasteiger partial charge in [0.15, 0.2) is 0 Å². The molecule has 2 N–H and O–H groups in total. The van der Waals surface area contributed by atoms with Crippen molar-refractivity contribution in [3.05, 3.63) is 82.5 Å². The lowest BCUT2D eigenvalue weighted by atomic mass is 9.80. The van der Waals surface area contributed by atoms with Crippen molar-refractivity contribution < 1.29 is 28.6 Å². The molecule has 3 rings (SSSR count). The molecule has 1 unspecified atom stereocenters. The number of hydrogen-bond acceptors (Lipinski definition) is 10. The fraction of sp³-hybridized carbons (Fsp3) is 0.357. The lowest BCUT2D eigenvalue weighted by molar-refractivity contribution is -0.140. The van der Waals surface area contributed by atoms with E-state index < -0.39 is 17.9 Å². The molecule has 0 bridgehead atoms. The highest BCUT2D eigenvalue weighted by molar-refractivity contribution is 7.99. The summed E-state index contributed by atoms with van der Waals surface area (Å²) in [6.45, 7) is 4.05. The van der Waals surface area contributed by atoms with E-state index in [9.17, 15) is 14.4 Å². The summed E-state index contributed by atoms with van der Waals surface area (Å²) < 4.78 is 16.0. The molecule has 0 fully saturated rings. The van der Waals surface area contributed by atoms with Crippen LogP contribution in [0.1, 0.15) is 35.7 Å². The summed E-state index contributed by atoms with van der Waals surface area (Å²) in [6, 6.07) is 11.0. The zero-order valence-corrected chi connectivity index (χ0v) is 24.1. The van der Waals surface area contributed by atoms with Crippen molar-refractivity contribution in [1.82, 2.24) is 15.6 Å². The Labute approximate surface area is 237 Å². The third-order valence-corrected chi connectivity index (χ3v) is 7.49. The van der Waals surface area contributed by atoms with Gasteiger partial charge in [0.1, 0.15) is 6.61 Å². The first-order valence-electron chi connectivity index (χ1n) is 12.4. The number of benzene rings is 1. The second-order valence-corrected chi connectivity index (χ2v) is 10.2. The maximum atomic E-state index is 13.4. The number of nitrogens with one attached hydrogen (secondary N) is 2. The number of aromatic nitrogens is 1. The minimum atomic E-state index is -0.704. The van der Waals surface area contributed by atoms with Crippen molar-refractivity contribution in [2.24, 2.45) is 0 Å². The van der Waals surface area contributed by atoms with Crippen molar-refractivity contribution in [1.29, 1.82) is 0 Å². The second-order valence-electron chi connectivity index (χ2n) is 8.32. The van der Waals surface area contributed by atoms with Gasteiger partial charge in [-0.15, -0.1) is 23.5 Å². The number of carbonyl (C=O) groups is 3. The number of esters is 2. The molecule has 11 heteroatoms. The average Bonchev–Trinajstić information content (AvgIpc) is 2.95. The van der Waals surface area contributed by atoms with Gasteiger partial charge in [-0.2, -0.15) is 0 Å². The van der Waals surface area contributed by atoms with Gasteiger partial charge in [-0.1, -0.05) is 18.2 Å². The van der Waals surface area contributed by atoms with Crippen molar-refractivity contribution in [3.8, 4) is 0 Å². The van der Waals surface area contributed by atoms with Crippen LogP contribution in [0.4, 0.5) is 0 Å². The second kappa shape index (κ2) is 15.3. The molecule has 0 saturated carbocycles. The number of thioether (sulfide) groups is 2. The van der Waals surface area contributed by atoms with Gasteiger partial charge in [-0.3, -0.25) is 9.78 Å². The molecular weight excluding hydrogens is 538 g/mol. The number of rotatable bonds is 13. The number of hydrogen-bond donors (Lipinski definition) is 2. The predicted octanol–water partition coefficient (Wildman–Crippen LogP) is 3.89. The number of allylic oxidation sites excluding steroid dienone is 1. The maximum absolute atomic E-state index is 13.4. The van der Waals surface area contributed by atoms with Gasteiger partial charge in [-0.05, 0) is 43.9 Å². The summed E-state index contributed by atoms with van der Waals surface area (Å²) >= 11 is 2.95. The van der Waals surface area contributed by atoms with Gasteiger partial charge in [0, 0.05) is 41.5 Å². The minimum absolute atomic E-state index is 0.0841. The fourth-order valence-electron chi connectivity index (χ4n) is 4.11. The van der Waals surface area contributed by atoms with Crippen LogP contribution in [0.3, 0.4) is 0 Å². The van der Waals surface area contributed by atoms with Crippen molar-refractivity contribution in [2.45, 2.75) is 24.7 Å². The number of nitrogens with zero attached hydrogens (tertiary/aromatic N) is 1. The smallest absolute Gasteiger partial charge is 0.336 e. The average molecular weight is 572 g/mol. The van der Waals surface area contributed by atoms with Gasteiger partial charge in [0.25, 0.3) is 5.91 Å². The molecule has 1 aliphatic rings. The Morgan fingerprint density at radius 2 is 1.82 bits per heavy atom. The Morgan fingerprint density at radius 1 is 1.05 bits per heavy atom. The Morgan fingerprint density at radius 3 is 2.51 bits per heavy atom. The number of pyridine rings is 1. The van der Waals surface area contributed by atoms with Crippen LogP contribution < -0.4 is 10.6 Å². The molecule has 1 aliphatic heterocycles. The van der Waals surface area contributed by atoms with Gasteiger partial charge < -0.3 is 24.8 Å². The standard InChI is InChI=1S/C28H33N3O6S2/c1-5-36-28(34)25-21(16-39-17-30-26(32)19-9-8-12-29-15-19)31-18(2)23(27(33)37-14-13-35-3)24(25)20-10-6-7-11-22(20)38-4/h6-12,15,24,31H,5,13-14,16-17H2,1-4H3,(H,30,32). The van der Waals surface area contributed by atoms with E-state index in [1.165, 1.54) is 36.8 Å². The van der Waals surface area contributed by atoms with Crippen molar-refractivity contribution in [3.63, 3.8) is 0 Å². The van der Waals surface area contributed by atoms with E-state index >= 15 is 0 Å². The van der Waals surface area contributed by atoms with Crippen LogP contribution in [0.2, 0.25) is 0 Å². The summed E-state index contributed by atoms with van der Waals surface area (Å²) in [5.74, 6) is -1.33. The molecule has 2 heterocycles. The summed E-state index contributed by atoms with van der Waals surface area (Å²) in [5.41, 5.74) is 3.15. The number of carbonyl (C=O) groups excluding carboxylic acids is 3. The number of methoxy groups -OCH3 is 1. The van der Waals surface area contributed by atoms with Crippen molar-refractivity contribution in [2.75, 3.05) is 44.8 Å². The Balaban J connectivity index is 1.96. The first-order valence-corrected chi connectivity index (χ1v) is 14.7. The molecular formula is C28H33N3O6S2. The summed E-state index contributed by atoms with van der Waals surface area (Å²) in [7, 11) is 1.53. The molecule has 0 radical (unpaired) electrons. The molecule has 1 atom stereocenters. The predicted molar refractivity (Wildman–Crippen MR) is 152 cm³/mol. The first-order chi connectivity index (χ1) is 18.9. The maximum Gasteiger partial charge on any atom is 0.336 e. The highest BCUT2D eigenvalue weighted by atomic mass is 32.2. The molecule has 9 nitrogen and oxygen atoms in total. The van der Waals surface area contributed by atoms with E-state index in [4.69, 9.17) is 14.2 Å². The number of dihydropyridines is 1. The Bertz CT molecular complexity index is 1230. The lowest BCUT2D eigenvalue weighted by Gasteiger charge is -2.32. The topological polar surface area (TPSA) is 116 Å². The zero-order chi connectivity index (χ0) is 28.2. The van der Waals surface area contributed by atoms with Crippen LogP contribution in [-0.4, -0.2) is 67.6 Å². The van der Waals surface area contributed by atoms with E-state index in [-0.39, 0.29) is 25.7 Å². The largest absolute Gasteiger partial charge is 0.463 e. The number of ether oxygens (including phenoxy) is 3. The summed E-state index contributed by atoms with van der Waals surface area (Å²) in [4.78, 5) is 44.1. The molecule has 1 amide bonds. The van der Waals surface area contributed by atoms with E-state index in [1.807, 2.05) is 30.5 Å². The Kier molecular flexibility index (Phi) is 11.9. The molecule has 0 spiro atoms. The lowest BCUT2D eigenvalue weighted by Crippen LogP contribution is -2.35. The van der Waals surface area contributed by atoms with Gasteiger partial charge in [-0.25, -0.2) is 9.59 Å². The molecule has 1 aromatic carbocycles. The third kappa shape index (κ3) is 7.87. The fourth-order valence-corrected chi connectivity index (χ4v) is 5.51. The van der Waals surface area contributed by atoms with E-state index in [0.717, 1.165) is 10.5 Å². The van der Waals surface area contributed by atoms with Crippen LogP contribution in [0.15, 0.2) is 76.2 Å². The molecule has 0 saturated heterocycles. The molecule has 0 aliphatic carbocycles. The van der Waals surface area contributed by atoms with Crippen LogP contribution in [0.25, 0.3) is 0 Å². The van der Waals surface area contributed by atoms with Crippen LogP contribution in [0, 0.1) is 0 Å². The van der Waals surface area contributed by atoms with Gasteiger partial charge in [0.2, 0.25) is 0 Å². The normalized spacial score (nSPS) is 15.0. The molecule has 1 aromatic heterocycles. The third-order valence-electron chi connectivity index (χ3n) is 5.84. The SMILES string of the molecule is CCOC(=O)C1=C(CSCNC(=O)c2cccnc2)NC(C)=C(C(=O)OCCOC)C1c1ccccc1SC. The van der Waals surface area contributed by atoms with E-state index in [2.05, 4.69) is 15.6 Å². The first kappa shape index (κ1) is 30.3. The highest BCUT2D eigenvalue weighted by Gasteiger charge is 2.39. The van der Waals surface area contributed by atoms with Crippen molar-refractivity contribution >= 4 is 41.4 Å². The number of amides is 1. The highest BCUT2D eigenvalue weighted by Crippen LogP contribution is 2.43. The molecule has 39 heavy (non-hydrogen) atoms. The van der Waals surface area contributed by atoms with Crippen LogP contribution in [0.5, 0.6) is 0 Å². The Hall–Kier alpha value is -3.28. The minimum Gasteiger partial charge on any atom is -0.463 e. The van der Waals surface area contributed by atoms with Gasteiger partial charge in [0.05, 0.1) is 41.7 Å². The van der Waals surface area contributed by atoms with Crippen LogP contribution >= 0.6 is 23.5 Å². The molecule has 208 valence electrons. The van der Waals surface area contributed by atoms with Gasteiger partial charge >= 0.3 is 11.9 Å². The summed E-state index contributed by atoms with van der Waals surface area (Å²) in [5, 5.41) is 6.11. The van der Waals surface area contributed by atoms with E-state index in [0.29, 0.717) is 39.7 Å². The monoisotopic (exact) mass is 571 g/mol. The zero-order valence-electron chi connectivity index (χ0n) is 22.4. The quantitative estimate of drug-likeness (QED) is 0.159. The summed E-state index contributed by atoms with van der Waals surface area (Å²) in [6.07, 6.45) is 5.05. The van der Waals surface area contributed by atoms with E-state index in [1.54, 1.807) is 32.2 Å². The molecule has 2 aromatic rings.